The molecule has 0 bridgehead atoms. The number of ether oxygens (including phenoxy) is 2. The molecule has 0 spiro atoms. The van der Waals surface area contributed by atoms with Gasteiger partial charge in [0.2, 0.25) is 5.88 Å². The van der Waals surface area contributed by atoms with Gasteiger partial charge in [-0.1, -0.05) is 37.3 Å². The summed E-state index contributed by atoms with van der Waals surface area (Å²) in [5.74, 6) is -2.39. The summed E-state index contributed by atoms with van der Waals surface area (Å²) >= 11 is 1.65. The minimum absolute atomic E-state index is 0.0696. The van der Waals surface area contributed by atoms with E-state index in [4.69, 9.17) is 15.2 Å². The van der Waals surface area contributed by atoms with Gasteiger partial charge in [-0.05, 0) is 48.4 Å². The van der Waals surface area contributed by atoms with Crippen molar-refractivity contribution in [3.63, 3.8) is 0 Å². The van der Waals surface area contributed by atoms with Crippen LogP contribution in [0.25, 0.3) is 16.0 Å². The van der Waals surface area contributed by atoms with Crippen molar-refractivity contribution in [1.82, 2.24) is 9.38 Å². The Morgan fingerprint density at radius 3 is 2.56 bits per heavy atom. The van der Waals surface area contributed by atoms with E-state index >= 15 is 0 Å². The van der Waals surface area contributed by atoms with Crippen molar-refractivity contribution in [2.24, 2.45) is 5.73 Å². The number of nitrogens with zero attached hydrogens (tertiary/aromatic N) is 2. The summed E-state index contributed by atoms with van der Waals surface area (Å²) in [5.41, 5.74) is 10.2. The van der Waals surface area contributed by atoms with E-state index in [-0.39, 0.29) is 24.7 Å². The molecule has 8 nitrogen and oxygen atoms in total. The van der Waals surface area contributed by atoms with Gasteiger partial charge in [-0.25, -0.2) is 9.78 Å². The van der Waals surface area contributed by atoms with Gasteiger partial charge in [-0.2, -0.15) is 0 Å². The minimum atomic E-state index is -1.07. The lowest BCUT2D eigenvalue weighted by Gasteiger charge is -2.12. The van der Waals surface area contributed by atoms with Gasteiger partial charge in [0, 0.05) is 23.2 Å². The van der Waals surface area contributed by atoms with Gasteiger partial charge in [0.15, 0.2) is 6.61 Å². The van der Waals surface area contributed by atoms with Crippen molar-refractivity contribution in [3.8, 4) is 16.3 Å². The fourth-order valence-electron chi connectivity index (χ4n) is 4.37. The molecule has 4 aromatic rings. The Morgan fingerprint density at radius 2 is 1.89 bits per heavy atom. The topological polar surface area (TPSA) is 113 Å². The molecule has 0 aliphatic heterocycles. The molecule has 186 valence electrons. The largest absolute Gasteiger partial charge is 0.464 e. The second-order valence-electron chi connectivity index (χ2n) is 8.16. The molecule has 0 saturated carbocycles. The summed E-state index contributed by atoms with van der Waals surface area (Å²) in [6.45, 7) is 5.24. The van der Waals surface area contributed by atoms with Crippen molar-refractivity contribution in [2.75, 3.05) is 13.2 Å². The van der Waals surface area contributed by atoms with Crippen LogP contribution in [0, 0.1) is 6.92 Å². The molecule has 3 aromatic heterocycles. The fourth-order valence-corrected chi connectivity index (χ4v) is 5.15. The van der Waals surface area contributed by atoms with Crippen LogP contribution >= 0.6 is 11.3 Å². The van der Waals surface area contributed by atoms with Gasteiger partial charge >= 0.3 is 5.97 Å². The van der Waals surface area contributed by atoms with Crippen LogP contribution in [0.1, 0.15) is 46.7 Å². The van der Waals surface area contributed by atoms with E-state index in [0.717, 1.165) is 21.7 Å². The van der Waals surface area contributed by atoms with Crippen molar-refractivity contribution in [2.45, 2.75) is 33.6 Å². The van der Waals surface area contributed by atoms with Crippen molar-refractivity contribution in [3.05, 3.63) is 76.1 Å². The molecule has 0 atom stereocenters. The number of aromatic nitrogens is 2. The molecule has 2 N–H and O–H groups in total. The predicted molar refractivity (Wildman–Crippen MR) is 138 cm³/mol. The van der Waals surface area contributed by atoms with Gasteiger partial charge in [0.05, 0.1) is 17.9 Å². The van der Waals surface area contributed by atoms with E-state index in [0.29, 0.717) is 29.6 Å². The van der Waals surface area contributed by atoms with Crippen LogP contribution in [-0.2, 0) is 27.2 Å². The van der Waals surface area contributed by atoms with Crippen LogP contribution in [0.5, 0.6) is 5.88 Å². The molecule has 1 aromatic carbocycles. The van der Waals surface area contributed by atoms with Crippen molar-refractivity contribution in [1.29, 1.82) is 0 Å². The Morgan fingerprint density at radius 1 is 1.11 bits per heavy atom. The van der Waals surface area contributed by atoms with Crippen molar-refractivity contribution >= 4 is 34.5 Å². The maximum absolute atomic E-state index is 13.1. The number of benzene rings is 1. The summed E-state index contributed by atoms with van der Waals surface area (Å²) in [7, 11) is 0. The first-order valence-corrected chi connectivity index (χ1v) is 12.5. The fraction of sp³-hybridized carbons (Fsp3) is 0.259. The monoisotopic (exact) mass is 505 g/mol. The number of primary amides is 1. The summed E-state index contributed by atoms with van der Waals surface area (Å²) in [5, 5.41) is 2.03. The number of amides is 1. The molecule has 3 heterocycles. The average molecular weight is 506 g/mol. The van der Waals surface area contributed by atoms with Gasteiger partial charge < -0.3 is 19.6 Å². The highest BCUT2D eigenvalue weighted by Crippen LogP contribution is 2.35. The number of aryl methyl sites for hydroxylation is 1. The number of carbonyl (C=O) groups is 3. The third kappa shape index (κ3) is 4.87. The number of thiophene rings is 1. The van der Waals surface area contributed by atoms with Crippen LogP contribution in [0.2, 0.25) is 0 Å². The summed E-state index contributed by atoms with van der Waals surface area (Å²) in [4.78, 5) is 42.7. The number of nitrogens with two attached hydrogens (primary N) is 1. The molecule has 0 fully saturated rings. The van der Waals surface area contributed by atoms with Crippen LogP contribution in [0.4, 0.5) is 0 Å². The van der Waals surface area contributed by atoms with Crippen molar-refractivity contribution < 1.29 is 23.9 Å². The van der Waals surface area contributed by atoms with E-state index in [2.05, 4.69) is 23.2 Å². The maximum Gasteiger partial charge on any atom is 0.344 e. The first kappa shape index (κ1) is 25.1. The van der Waals surface area contributed by atoms with E-state index in [1.165, 1.54) is 0 Å². The molecule has 0 saturated heterocycles. The smallest absolute Gasteiger partial charge is 0.344 e. The Kier molecular flexibility index (Phi) is 7.49. The first-order valence-electron chi connectivity index (χ1n) is 11.6. The first-order chi connectivity index (χ1) is 17.3. The maximum atomic E-state index is 13.1. The lowest BCUT2D eigenvalue weighted by atomic mass is 9.96. The van der Waals surface area contributed by atoms with Crippen LogP contribution in [-0.4, -0.2) is 40.3 Å². The highest BCUT2D eigenvalue weighted by Gasteiger charge is 2.29. The molecule has 36 heavy (non-hydrogen) atoms. The number of rotatable bonds is 10. The van der Waals surface area contributed by atoms with E-state index in [9.17, 15) is 14.4 Å². The molecule has 0 aliphatic rings. The molecule has 4 rings (SSSR count). The average Bonchev–Trinajstić information content (AvgIpc) is 3.49. The Hall–Kier alpha value is -3.98. The zero-order valence-corrected chi connectivity index (χ0v) is 21.2. The second-order valence-corrected chi connectivity index (χ2v) is 9.11. The molecular formula is C27H27N3O5S. The van der Waals surface area contributed by atoms with Gasteiger partial charge in [0.25, 0.3) is 11.7 Å². The number of fused-ring (bicyclic) bond motifs is 1. The van der Waals surface area contributed by atoms with Crippen LogP contribution < -0.4 is 10.5 Å². The normalized spacial score (nSPS) is 11.0. The lowest BCUT2D eigenvalue weighted by molar-refractivity contribution is -0.145. The van der Waals surface area contributed by atoms with E-state index in [1.54, 1.807) is 31.4 Å². The number of hydrogen-bond donors (Lipinski definition) is 1. The SMILES string of the molecule is CCOC(=O)COc1nc(C)cn2c(Cc3ccccc3-c3cccs3)c(CC)c(C(=O)C(N)=O)c12. The standard InChI is InChI=1S/C27H27N3O5S/c1-4-18-20(13-17-9-6-7-10-19(17)21-11-8-12-36-21)30-14-16(3)29-27(35-15-22(31)34-5-2)24(30)23(18)25(32)26(28)33/h6-12,14H,4-5,13,15H2,1-3H3,(H2,28,33). The molecule has 0 radical (unpaired) electrons. The number of ketones is 1. The number of hydrogen-bond acceptors (Lipinski definition) is 7. The number of esters is 1. The summed E-state index contributed by atoms with van der Waals surface area (Å²) in [6.07, 6.45) is 2.76. The minimum Gasteiger partial charge on any atom is -0.464 e. The van der Waals surface area contributed by atoms with Crippen LogP contribution in [0.3, 0.4) is 0 Å². The predicted octanol–water partition coefficient (Wildman–Crippen LogP) is 4.13. The van der Waals surface area contributed by atoms with Crippen LogP contribution in [0.15, 0.2) is 48.0 Å². The number of carbonyl (C=O) groups excluding carboxylic acids is 3. The molecule has 0 unspecified atom stereocenters. The summed E-state index contributed by atoms with van der Waals surface area (Å²) in [6, 6.07) is 12.2. The lowest BCUT2D eigenvalue weighted by Crippen LogP contribution is -2.24. The zero-order valence-electron chi connectivity index (χ0n) is 20.4. The third-order valence-corrected chi connectivity index (χ3v) is 6.72. The molecule has 0 aliphatic carbocycles. The molecule has 9 heteroatoms. The quantitative estimate of drug-likeness (QED) is 0.197. The Labute approximate surface area is 212 Å². The highest BCUT2D eigenvalue weighted by atomic mass is 32.1. The van der Waals surface area contributed by atoms with E-state index in [1.807, 2.05) is 34.9 Å². The summed E-state index contributed by atoms with van der Waals surface area (Å²) < 4.78 is 12.5. The molecule has 1 amide bonds. The Balaban J connectivity index is 1.93. The van der Waals surface area contributed by atoms with Gasteiger partial charge in [-0.15, -0.1) is 11.3 Å². The number of Topliss-reactive ketones (excluding diaryl/α,β-unsaturated/α-hetero) is 1. The highest BCUT2D eigenvalue weighted by molar-refractivity contribution is 7.13. The second kappa shape index (κ2) is 10.7. The van der Waals surface area contributed by atoms with Gasteiger partial charge in [0.1, 0.15) is 5.52 Å². The van der Waals surface area contributed by atoms with Gasteiger partial charge in [-0.3, -0.25) is 9.59 Å². The Bertz CT molecular complexity index is 1440. The van der Waals surface area contributed by atoms with E-state index < -0.39 is 17.7 Å². The molecular weight excluding hydrogens is 478 g/mol. The third-order valence-electron chi connectivity index (χ3n) is 5.81. The zero-order chi connectivity index (χ0) is 25.8.